The van der Waals surface area contributed by atoms with Crippen LogP contribution in [-0.2, 0) is 23.0 Å². The number of hydrogen-bond donors (Lipinski definition) is 1. The molecule has 3 aromatic rings. The van der Waals surface area contributed by atoms with Gasteiger partial charge in [0.15, 0.2) is 0 Å². The van der Waals surface area contributed by atoms with Gasteiger partial charge in [-0.1, -0.05) is 38.1 Å². The van der Waals surface area contributed by atoms with E-state index in [2.05, 4.69) is 23.7 Å². The number of halogens is 1. The summed E-state index contributed by atoms with van der Waals surface area (Å²) in [7, 11) is -3.73. The molecule has 1 heterocycles. The lowest BCUT2D eigenvalue weighted by molar-refractivity contribution is 0.601. The van der Waals surface area contributed by atoms with Crippen LogP contribution < -0.4 is 4.72 Å². The lowest BCUT2D eigenvalue weighted by Crippen LogP contribution is -2.14. The molecule has 0 bridgehead atoms. The summed E-state index contributed by atoms with van der Waals surface area (Å²) >= 11 is 0. The average molecular weight is 416 g/mol. The number of nitrogens with zero attached hydrogens (tertiary/aromatic N) is 2. The summed E-state index contributed by atoms with van der Waals surface area (Å²) in [6.07, 6.45) is 0.902. The largest absolute Gasteiger partial charge is 0.276 e. The molecule has 5 nitrogen and oxygen atoms in total. The molecule has 0 aliphatic carbocycles. The van der Waals surface area contributed by atoms with Crippen molar-refractivity contribution in [2.45, 2.75) is 45.6 Å². The van der Waals surface area contributed by atoms with E-state index in [0.717, 1.165) is 17.5 Å². The molecule has 0 amide bonds. The van der Waals surface area contributed by atoms with Crippen LogP contribution in [0.15, 0.2) is 53.4 Å². The van der Waals surface area contributed by atoms with Gasteiger partial charge in [0.25, 0.3) is 10.0 Å². The second-order valence-electron chi connectivity index (χ2n) is 7.68. The second kappa shape index (κ2) is 8.37. The van der Waals surface area contributed by atoms with Crippen LogP contribution in [0.5, 0.6) is 0 Å². The molecule has 0 saturated carbocycles. The lowest BCUT2D eigenvalue weighted by atomic mass is 10.0. The van der Waals surface area contributed by atoms with Gasteiger partial charge in [0.05, 0.1) is 28.5 Å². The summed E-state index contributed by atoms with van der Waals surface area (Å²) in [5, 5.41) is 4.43. The van der Waals surface area contributed by atoms with Gasteiger partial charge in [0.2, 0.25) is 0 Å². The van der Waals surface area contributed by atoms with Gasteiger partial charge >= 0.3 is 0 Å². The molecule has 0 spiro atoms. The zero-order valence-corrected chi connectivity index (χ0v) is 17.9. The molecule has 0 radical (unpaired) electrons. The van der Waals surface area contributed by atoms with Crippen LogP contribution in [0.25, 0.3) is 0 Å². The maximum absolute atomic E-state index is 13.4. The van der Waals surface area contributed by atoms with Crippen molar-refractivity contribution >= 4 is 15.7 Å². The number of benzene rings is 2. The van der Waals surface area contributed by atoms with Crippen molar-refractivity contribution in [3.05, 3.63) is 76.9 Å². The highest BCUT2D eigenvalue weighted by Gasteiger charge is 2.20. The molecule has 3 rings (SSSR count). The SMILES string of the molecule is Cc1nn(Cc2cccc(F)c2)c(C)c1NS(=O)(=O)c1ccc(CC(C)C)cc1. The Morgan fingerprint density at radius 1 is 1.07 bits per heavy atom. The van der Waals surface area contributed by atoms with Crippen LogP contribution in [-0.4, -0.2) is 18.2 Å². The molecule has 0 unspecified atom stereocenters. The third-order valence-corrected chi connectivity index (χ3v) is 6.08. The highest BCUT2D eigenvalue weighted by Crippen LogP contribution is 2.24. The maximum atomic E-state index is 13.4. The Morgan fingerprint density at radius 2 is 1.76 bits per heavy atom. The van der Waals surface area contributed by atoms with Crippen LogP contribution in [0.2, 0.25) is 0 Å². The summed E-state index contributed by atoms with van der Waals surface area (Å²) < 4.78 is 43.5. The maximum Gasteiger partial charge on any atom is 0.262 e. The first-order valence-electron chi connectivity index (χ1n) is 9.56. The Labute approximate surface area is 171 Å². The molecule has 154 valence electrons. The third-order valence-electron chi connectivity index (χ3n) is 4.72. The van der Waals surface area contributed by atoms with Crippen LogP contribution in [0.4, 0.5) is 10.1 Å². The Balaban J connectivity index is 1.83. The van der Waals surface area contributed by atoms with E-state index >= 15 is 0 Å². The first kappa shape index (κ1) is 21.0. The highest BCUT2D eigenvalue weighted by molar-refractivity contribution is 7.92. The first-order chi connectivity index (χ1) is 13.7. The van der Waals surface area contributed by atoms with E-state index in [-0.39, 0.29) is 10.7 Å². The average Bonchev–Trinajstić information content (AvgIpc) is 2.89. The molecule has 1 N–H and O–H groups in total. The normalized spacial score (nSPS) is 11.8. The number of aryl methyl sites for hydroxylation is 1. The summed E-state index contributed by atoms with van der Waals surface area (Å²) in [6, 6.07) is 13.2. The van der Waals surface area contributed by atoms with Gasteiger partial charge < -0.3 is 0 Å². The van der Waals surface area contributed by atoms with Gasteiger partial charge in [-0.2, -0.15) is 5.10 Å². The number of anilines is 1. The first-order valence-corrected chi connectivity index (χ1v) is 11.0. The molecule has 1 aromatic heterocycles. The van der Waals surface area contributed by atoms with Crippen LogP contribution in [0, 0.1) is 25.6 Å². The Hall–Kier alpha value is -2.67. The van der Waals surface area contributed by atoms with Crippen molar-refractivity contribution in [2.24, 2.45) is 5.92 Å². The molecule has 0 saturated heterocycles. The van der Waals surface area contributed by atoms with E-state index in [1.807, 2.05) is 18.2 Å². The molecular weight excluding hydrogens is 389 g/mol. The topological polar surface area (TPSA) is 64.0 Å². The fourth-order valence-electron chi connectivity index (χ4n) is 3.28. The molecule has 7 heteroatoms. The van der Waals surface area contributed by atoms with E-state index in [4.69, 9.17) is 0 Å². The van der Waals surface area contributed by atoms with Gasteiger partial charge in [0.1, 0.15) is 5.82 Å². The molecule has 0 aliphatic heterocycles. The van der Waals surface area contributed by atoms with E-state index < -0.39 is 10.0 Å². The third kappa shape index (κ3) is 5.03. The van der Waals surface area contributed by atoms with Gasteiger partial charge in [-0.05, 0) is 61.6 Å². The van der Waals surface area contributed by atoms with Crippen LogP contribution in [0.1, 0.15) is 36.4 Å². The predicted octanol–water partition coefficient (Wildman–Crippen LogP) is 4.69. The molecule has 2 aromatic carbocycles. The van der Waals surface area contributed by atoms with Crippen molar-refractivity contribution in [1.82, 2.24) is 9.78 Å². The van der Waals surface area contributed by atoms with Crippen molar-refractivity contribution in [3.8, 4) is 0 Å². The Morgan fingerprint density at radius 3 is 2.38 bits per heavy atom. The van der Waals surface area contributed by atoms with E-state index in [9.17, 15) is 12.8 Å². The Kier molecular flexibility index (Phi) is 6.07. The summed E-state index contributed by atoms with van der Waals surface area (Å²) in [4.78, 5) is 0.210. The van der Waals surface area contributed by atoms with Gasteiger partial charge in [-0.15, -0.1) is 0 Å². The Bertz CT molecular complexity index is 1100. The predicted molar refractivity (Wildman–Crippen MR) is 113 cm³/mol. The summed E-state index contributed by atoms with van der Waals surface area (Å²) in [5.41, 5.74) is 3.55. The standard InChI is InChI=1S/C22H26FN3O2S/c1-15(2)12-18-8-10-21(11-9-18)29(27,28)25-22-16(3)24-26(17(22)4)14-19-6-5-7-20(23)13-19/h5-11,13,15,25H,12,14H2,1-4H3. The van der Waals surface area contributed by atoms with Crippen molar-refractivity contribution in [2.75, 3.05) is 4.72 Å². The number of aromatic nitrogens is 2. The molecule has 0 fully saturated rings. The molecule has 0 atom stereocenters. The van der Waals surface area contributed by atoms with Crippen LogP contribution in [0.3, 0.4) is 0 Å². The number of hydrogen-bond acceptors (Lipinski definition) is 3. The summed E-state index contributed by atoms with van der Waals surface area (Å²) in [6.45, 7) is 8.15. The smallest absolute Gasteiger partial charge is 0.262 e. The quantitative estimate of drug-likeness (QED) is 0.609. The minimum Gasteiger partial charge on any atom is -0.276 e. The zero-order chi connectivity index (χ0) is 21.2. The molecular formula is C22H26FN3O2S. The zero-order valence-electron chi connectivity index (χ0n) is 17.1. The molecule has 0 aliphatic rings. The van der Waals surface area contributed by atoms with Gasteiger partial charge in [0, 0.05) is 0 Å². The van der Waals surface area contributed by atoms with E-state index in [1.165, 1.54) is 12.1 Å². The number of sulfonamides is 1. The number of rotatable bonds is 7. The fourth-order valence-corrected chi connectivity index (χ4v) is 4.45. The minimum atomic E-state index is -3.73. The van der Waals surface area contributed by atoms with E-state index in [1.54, 1.807) is 36.7 Å². The lowest BCUT2D eigenvalue weighted by Gasteiger charge is -2.10. The van der Waals surface area contributed by atoms with Crippen LogP contribution >= 0.6 is 0 Å². The minimum absolute atomic E-state index is 0.210. The van der Waals surface area contributed by atoms with Gasteiger partial charge in [-0.25, -0.2) is 12.8 Å². The van der Waals surface area contributed by atoms with Gasteiger partial charge in [-0.3, -0.25) is 9.40 Å². The highest BCUT2D eigenvalue weighted by atomic mass is 32.2. The van der Waals surface area contributed by atoms with Crippen molar-refractivity contribution in [3.63, 3.8) is 0 Å². The molecule has 29 heavy (non-hydrogen) atoms. The van der Waals surface area contributed by atoms with Crippen molar-refractivity contribution in [1.29, 1.82) is 0 Å². The second-order valence-corrected chi connectivity index (χ2v) is 9.36. The summed E-state index contributed by atoms with van der Waals surface area (Å²) in [5.74, 6) is 0.190. The van der Waals surface area contributed by atoms with E-state index in [0.29, 0.717) is 29.5 Å². The number of nitrogens with one attached hydrogen (secondary N) is 1. The fraction of sp³-hybridized carbons (Fsp3) is 0.318. The van der Waals surface area contributed by atoms with Crippen molar-refractivity contribution < 1.29 is 12.8 Å². The monoisotopic (exact) mass is 415 g/mol.